The van der Waals surface area contributed by atoms with Crippen LogP contribution in [0.1, 0.15) is 195 Å². The van der Waals surface area contributed by atoms with Crippen LogP contribution in [0.3, 0.4) is 0 Å². The van der Waals surface area contributed by atoms with Gasteiger partial charge >= 0.3 is 0 Å². The van der Waals surface area contributed by atoms with Crippen LogP contribution in [0.4, 0.5) is 0 Å². The number of hydrogen-bond acceptors (Lipinski definition) is 6. The van der Waals surface area contributed by atoms with Crippen molar-refractivity contribution in [1.29, 1.82) is 0 Å². The van der Waals surface area contributed by atoms with Crippen LogP contribution in [0.2, 0.25) is 0 Å². The number of hydrogen-bond donors (Lipinski definition) is 1. The zero-order valence-electron chi connectivity index (χ0n) is 30.6. The smallest absolute Gasteiger partial charge is 0.264 e. The van der Waals surface area contributed by atoms with Crippen molar-refractivity contribution in [3.8, 4) is 0 Å². The van der Waals surface area contributed by atoms with E-state index >= 15 is 0 Å². The molecule has 0 aliphatic rings. The highest BCUT2D eigenvalue weighted by molar-refractivity contribution is 8.13. The lowest BCUT2D eigenvalue weighted by atomic mass is 10.0. The van der Waals surface area contributed by atoms with Crippen LogP contribution in [-0.2, 0) is 23.4 Å². The van der Waals surface area contributed by atoms with Crippen LogP contribution in [0.5, 0.6) is 0 Å². The first-order chi connectivity index (χ1) is 21.2. The van der Waals surface area contributed by atoms with Crippen molar-refractivity contribution in [3.05, 3.63) is 0 Å². The highest BCUT2D eigenvalue weighted by Gasteiger charge is 2.01. The Balaban J connectivity index is -0.000000690. The first-order valence-corrected chi connectivity index (χ1v) is 23.1. The van der Waals surface area contributed by atoms with E-state index in [1.165, 1.54) is 148 Å². The van der Waals surface area contributed by atoms with E-state index in [0.29, 0.717) is 13.2 Å². The summed E-state index contributed by atoms with van der Waals surface area (Å²) in [5.74, 6) is 1.74. The third kappa shape index (κ3) is 67.2. The van der Waals surface area contributed by atoms with E-state index in [2.05, 4.69) is 38.4 Å². The largest absolute Gasteiger partial charge is 0.396 e. The molecule has 276 valence electrons. The van der Waals surface area contributed by atoms with E-state index in [9.17, 15) is 16.8 Å². The van der Waals surface area contributed by atoms with Crippen molar-refractivity contribution in [1.82, 2.24) is 0 Å². The molecule has 1 N–H and O–H groups in total. The molecule has 0 unspecified atom stereocenters. The third-order valence-corrected chi connectivity index (χ3v) is 8.26. The van der Waals surface area contributed by atoms with Gasteiger partial charge in [0.15, 0.2) is 0 Å². The Morgan fingerprint density at radius 1 is 0.467 bits per heavy atom. The molecule has 0 radical (unpaired) electrons. The van der Waals surface area contributed by atoms with Crippen molar-refractivity contribution in [2.75, 3.05) is 25.7 Å². The molecule has 0 fully saturated rings. The molecule has 0 aromatic carbocycles. The second kappa shape index (κ2) is 36.9. The highest BCUT2D eigenvalue weighted by atomic mass is 35.7. The molecule has 0 saturated heterocycles. The summed E-state index contributed by atoms with van der Waals surface area (Å²) in [5, 5.41) is 8.66. The Labute approximate surface area is 287 Å². The second-order valence-electron chi connectivity index (χ2n) is 13.8. The van der Waals surface area contributed by atoms with Gasteiger partial charge in [-0.15, -0.1) is 0 Å². The van der Waals surface area contributed by atoms with Crippen LogP contribution >= 0.6 is 10.7 Å². The Morgan fingerprint density at radius 2 is 0.689 bits per heavy atom. The Morgan fingerprint density at radius 3 is 0.911 bits per heavy atom. The zero-order chi connectivity index (χ0) is 34.7. The topological polar surface area (TPSA) is 97.7 Å². The first kappa shape index (κ1) is 49.5. The molecule has 0 amide bonds. The Hall–Kier alpha value is 0.110. The summed E-state index contributed by atoms with van der Waals surface area (Å²) < 4.78 is 45.0. The summed E-state index contributed by atoms with van der Waals surface area (Å²) >= 11 is 0. The molecule has 0 aliphatic heterocycles. The van der Waals surface area contributed by atoms with Crippen LogP contribution in [-0.4, -0.2) is 47.7 Å². The molecule has 0 saturated carbocycles. The van der Waals surface area contributed by atoms with Crippen LogP contribution < -0.4 is 0 Å². The van der Waals surface area contributed by atoms with Gasteiger partial charge < -0.3 is 5.11 Å². The van der Waals surface area contributed by atoms with Gasteiger partial charge in [-0.2, -0.15) is 8.42 Å². The Kier molecular flexibility index (Phi) is 40.6. The predicted molar refractivity (Wildman–Crippen MR) is 198 cm³/mol. The fourth-order valence-corrected chi connectivity index (χ4v) is 5.49. The number of aliphatic hydroxyl groups is 1. The summed E-state index contributed by atoms with van der Waals surface area (Å²) in [6.45, 7) is 9.96. The Bertz CT molecular complexity index is 762. The molecule has 6 nitrogen and oxygen atoms in total. The number of aliphatic hydroxyl groups excluding tert-OH is 1. The number of halogens is 1. The van der Waals surface area contributed by atoms with Gasteiger partial charge in [-0.1, -0.05) is 182 Å². The van der Waals surface area contributed by atoms with Crippen molar-refractivity contribution >= 4 is 29.9 Å². The summed E-state index contributed by atoms with van der Waals surface area (Å²) in [6.07, 6.45) is 36.7. The first-order valence-electron chi connectivity index (χ1n) is 18.5. The van der Waals surface area contributed by atoms with Gasteiger partial charge in [0.25, 0.3) is 10.1 Å². The molecule has 45 heavy (non-hydrogen) atoms. The molecule has 0 aromatic heterocycles. The molecule has 0 heterocycles. The summed E-state index contributed by atoms with van der Waals surface area (Å²) in [4.78, 5) is 0. The van der Waals surface area contributed by atoms with Gasteiger partial charge in [0.1, 0.15) is 0 Å². The number of rotatable bonds is 30. The van der Waals surface area contributed by atoms with Gasteiger partial charge in [0.2, 0.25) is 9.05 Å². The fraction of sp³-hybridized carbons (Fsp3) is 1.00. The molecular formula is C36H77ClO6S2. The van der Waals surface area contributed by atoms with Gasteiger partial charge in [-0.25, -0.2) is 8.42 Å². The van der Waals surface area contributed by atoms with Gasteiger partial charge in [-0.3, -0.25) is 4.18 Å². The maximum absolute atomic E-state index is 10.8. The van der Waals surface area contributed by atoms with E-state index in [-0.39, 0.29) is 0 Å². The minimum Gasteiger partial charge on any atom is -0.396 e. The average molecular weight is 706 g/mol. The highest BCUT2D eigenvalue weighted by Crippen LogP contribution is 2.15. The van der Waals surface area contributed by atoms with E-state index < -0.39 is 19.2 Å². The lowest BCUT2D eigenvalue weighted by Crippen LogP contribution is -2.03. The van der Waals surface area contributed by atoms with Gasteiger partial charge in [0.05, 0.1) is 19.1 Å². The lowest BCUT2D eigenvalue weighted by molar-refractivity contribution is 0.282. The van der Waals surface area contributed by atoms with Crippen LogP contribution in [0.15, 0.2) is 0 Å². The van der Waals surface area contributed by atoms with Gasteiger partial charge in [-0.05, 0) is 24.7 Å². The third-order valence-electron chi connectivity index (χ3n) is 7.66. The summed E-state index contributed by atoms with van der Waals surface area (Å²) in [6, 6.07) is 0. The minimum atomic E-state index is -3.24. The van der Waals surface area contributed by atoms with Crippen LogP contribution in [0, 0.1) is 11.8 Å². The maximum Gasteiger partial charge on any atom is 0.264 e. The SMILES string of the molecule is CC(C)CCCCCCCCCCCCCCO.CC(C)CCCCCCCCCCCCCCOS(C)(=O)=O.CS(=O)(=O)Cl. The second-order valence-corrected chi connectivity index (χ2v) is 18.5. The molecule has 9 heteroatoms. The molecule has 0 aliphatic carbocycles. The number of unbranched alkanes of at least 4 members (excludes halogenated alkanes) is 22. The van der Waals surface area contributed by atoms with E-state index in [1.807, 2.05) is 0 Å². The molecule has 0 bridgehead atoms. The minimum absolute atomic E-state index is 0.343. The van der Waals surface area contributed by atoms with E-state index in [4.69, 9.17) is 9.29 Å². The normalized spacial score (nSPS) is 11.8. The fourth-order valence-electron chi connectivity index (χ4n) is 5.06. The standard InChI is InChI=1S/C18H38O3S.C17H36O.CH3ClO2S/c1-18(2)16-14-12-10-8-6-4-5-7-9-11-13-15-17-21-22(3,19)20;1-17(2)15-13-11-9-7-5-3-4-6-8-10-12-14-16-18;1-5(2,3)4/h18H,4-17H2,1-3H3;17-18H,3-16H2,1-2H3;1H3. The summed E-state index contributed by atoms with van der Waals surface area (Å²) in [5.41, 5.74) is 0. The van der Waals surface area contributed by atoms with Crippen molar-refractivity contribution in [2.24, 2.45) is 11.8 Å². The quantitative estimate of drug-likeness (QED) is 0.0454. The van der Waals surface area contributed by atoms with Crippen LogP contribution in [0.25, 0.3) is 0 Å². The average Bonchev–Trinajstić information content (AvgIpc) is 2.92. The monoisotopic (exact) mass is 704 g/mol. The zero-order valence-corrected chi connectivity index (χ0v) is 33.0. The molecule has 0 aromatic rings. The van der Waals surface area contributed by atoms with Crippen molar-refractivity contribution in [3.63, 3.8) is 0 Å². The lowest BCUT2D eigenvalue weighted by Gasteiger charge is -2.05. The molecule has 0 rings (SSSR count). The van der Waals surface area contributed by atoms with E-state index in [1.54, 1.807) is 0 Å². The predicted octanol–water partition coefficient (Wildman–Crippen LogP) is 11.6. The molecule has 0 atom stereocenters. The van der Waals surface area contributed by atoms with Gasteiger partial charge in [0, 0.05) is 17.3 Å². The van der Waals surface area contributed by atoms with Crippen molar-refractivity contribution < 1.29 is 26.1 Å². The van der Waals surface area contributed by atoms with E-state index in [0.717, 1.165) is 43.6 Å². The maximum atomic E-state index is 10.8. The van der Waals surface area contributed by atoms with Crippen molar-refractivity contribution in [2.45, 2.75) is 195 Å². The molecular weight excluding hydrogens is 628 g/mol. The summed E-state index contributed by atoms with van der Waals surface area (Å²) in [7, 11) is -1.94. The molecule has 0 spiro atoms.